The van der Waals surface area contributed by atoms with Crippen LogP contribution < -0.4 is 10.6 Å². The zero-order valence-electron chi connectivity index (χ0n) is 22.4. The minimum atomic E-state index is -0.465. The Hall–Kier alpha value is -2.79. The van der Waals surface area contributed by atoms with E-state index >= 15 is 0 Å². The summed E-state index contributed by atoms with van der Waals surface area (Å²) in [5, 5.41) is 24.8. The maximum atomic E-state index is 14.5. The number of amides is 1. The molecule has 0 fully saturated rings. The van der Waals surface area contributed by atoms with Gasteiger partial charge in [-0.05, 0) is 56.3 Å². The molecule has 0 aliphatic heterocycles. The van der Waals surface area contributed by atoms with Gasteiger partial charge in [-0.25, -0.2) is 9.37 Å². The van der Waals surface area contributed by atoms with Crippen LogP contribution in [0.4, 0.5) is 21.6 Å². The zero-order valence-corrected chi connectivity index (χ0v) is 24.0. The summed E-state index contributed by atoms with van der Waals surface area (Å²) in [5.41, 5.74) is 1.77. The summed E-state index contributed by atoms with van der Waals surface area (Å²) < 4.78 is 14.5. The summed E-state index contributed by atoms with van der Waals surface area (Å²) in [6.45, 7) is 7.02. The number of aromatic nitrogens is 3. The molecule has 0 aliphatic rings. The van der Waals surface area contributed by atoms with Gasteiger partial charge >= 0.3 is 0 Å². The Bertz CT molecular complexity index is 1210. The minimum Gasteiger partial charge on any atom is -0.396 e. The van der Waals surface area contributed by atoms with Gasteiger partial charge in [-0.2, -0.15) is 0 Å². The number of pyridine rings is 1. The first-order chi connectivity index (χ1) is 18.9. The number of unbranched alkanes of at least 4 members (excludes halogenated alkanes) is 2. The van der Waals surface area contributed by atoms with Gasteiger partial charge in [-0.3, -0.25) is 4.79 Å². The van der Waals surface area contributed by atoms with Crippen molar-refractivity contribution in [3.05, 3.63) is 53.4 Å². The number of aliphatic hydroxyl groups is 1. The van der Waals surface area contributed by atoms with Gasteiger partial charge in [0, 0.05) is 47.3 Å². The van der Waals surface area contributed by atoms with Crippen molar-refractivity contribution < 1.29 is 14.3 Å². The molecular formula is C28H36ClFN6O2S. The molecule has 0 aliphatic carbocycles. The van der Waals surface area contributed by atoms with Gasteiger partial charge in [0.05, 0.1) is 18.0 Å². The smallest absolute Gasteiger partial charge is 0.226 e. The highest BCUT2D eigenvalue weighted by Gasteiger charge is 2.14. The third-order valence-corrected chi connectivity index (χ3v) is 7.11. The van der Waals surface area contributed by atoms with Crippen LogP contribution in [0.1, 0.15) is 46.0 Å². The maximum Gasteiger partial charge on any atom is 0.226 e. The summed E-state index contributed by atoms with van der Waals surface area (Å²) in [6.07, 6.45) is 6.48. The summed E-state index contributed by atoms with van der Waals surface area (Å²) in [4.78, 5) is 19.3. The number of halogens is 2. The van der Waals surface area contributed by atoms with Crippen molar-refractivity contribution in [2.75, 3.05) is 42.6 Å². The van der Waals surface area contributed by atoms with Crippen LogP contribution in [-0.4, -0.2) is 63.1 Å². The number of nitrogens with one attached hydrogen (secondary N) is 2. The Balaban J connectivity index is 1.73. The van der Waals surface area contributed by atoms with Crippen LogP contribution in [-0.2, 0) is 4.79 Å². The van der Waals surface area contributed by atoms with E-state index in [1.807, 2.05) is 0 Å². The number of anilines is 3. The van der Waals surface area contributed by atoms with E-state index in [0.29, 0.717) is 51.7 Å². The minimum absolute atomic E-state index is 0.0315. The van der Waals surface area contributed by atoms with E-state index in [-0.39, 0.29) is 18.1 Å². The number of thioether (sulfide) groups is 1. The predicted molar refractivity (Wildman–Crippen MR) is 157 cm³/mol. The molecule has 0 spiro atoms. The van der Waals surface area contributed by atoms with E-state index in [2.05, 4.69) is 44.6 Å². The highest BCUT2D eigenvalue weighted by Crippen LogP contribution is 2.32. The number of benzene rings is 1. The molecule has 11 heteroatoms. The van der Waals surface area contributed by atoms with E-state index in [0.717, 1.165) is 38.8 Å². The summed E-state index contributed by atoms with van der Waals surface area (Å²) in [5.74, 6) is 0.277. The van der Waals surface area contributed by atoms with Crippen molar-refractivity contribution >= 4 is 46.5 Å². The fraction of sp³-hybridized carbons (Fsp3) is 0.429. The van der Waals surface area contributed by atoms with Crippen molar-refractivity contribution in [2.45, 2.75) is 51.0 Å². The molecule has 0 unspecified atom stereocenters. The van der Waals surface area contributed by atoms with Gasteiger partial charge in [0.15, 0.2) is 0 Å². The molecule has 3 aromatic rings. The predicted octanol–water partition coefficient (Wildman–Crippen LogP) is 6.39. The molecule has 8 nitrogen and oxygen atoms in total. The van der Waals surface area contributed by atoms with E-state index in [1.165, 1.54) is 30.0 Å². The quantitative estimate of drug-likeness (QED) is 0.169. The summed E-state index contributed by atoms with van der Waals surface area (Å²) in [6, 6.07) is 9.42. The third-order valence-electron chi connectivity index (χ3n) is 5.91. The van der Waals surface area contributed by atoms with Gasteiger partial charge in [-0.15, -0.1) is 22.0 Å². The average Bonchev–Trinajstić information content (AvgIpc) is 2.93. The largest absolute Gasteiger partial charge is 0.396 e. The number of carbonyl (C=O) groups is 1. The third kappa shape index (κ3) is 10.0. The highest BCUT2D eigenvalue weighted by molar-refractivity contribution is 7.99. The van der Waals surface area contributed by atoms with E-state index in [1.54, 1.807) is 24.4 Å². The van der Waals surface area contributed by atoms with Crippen molar-refractivity contribution in [3.63, 3.8) is 0 Å². The van der Waals surface area contributed by atoms with Crippen molar-refractivity contribution in [2.24, 2.45) is 0 Å². The Labute approximate surface area is 238 Å². The molecule has 210 valence electrons. The Morgan fingerprint density at radius 1 is 1.08 bits per heavy atom. The molecule has 3 N–H and O–H groups in total. The molecule has 1 aromatic carbocycles. The molecule has 0 bridgehead atoms. The molecule has 0 atom stereocenters. The van der Waals surface area contributed by atoms with Crippen LogP contribution in [0, 0.1) is 5.82 Å². The van der Waals surface area contributed by atoms with Crippen molar-refractivity contribution in [1.82, 2.24) is 20.1 Å². The average molecular weight is 575 g/mol. The van der Waals surface area contributed by atoms with Crippen LogP contribution in [0.25, 0.3) is 11.3 Å². The topological polar surface area (TPSA) is 103 Å². The van der Waals surface area contributed by atoms with Crippen LogP contribution in [0.3, 0.4) is 0 Å². The second-order valence-electron chi connectivity index (χ2n) is 9.05. The molecule has 2 heterocycles. The lowest BCUT2D eigenvalue weighted by Gasteiger charge is -2.21. The molecule has 0 radical (unpaired) electrons. The summed E-state index contributed by atoms with van der Waals surface area (Å²) >= 11 is 7.39. The number of hydrogen-bond donors (Lipinski definition) is 3. The van der Waals surface area contributed by atoms with Crippen LogP contribution in [0.5, 0.6) is 0 Å². The first-order valence-corrected chi connectivity index (χ1v) is 14.6. The lowest BCUT2D eigenvalue weighted by atomic mass is 10.1. The van der Waals surface area contributed by atoms with Crippen molar-refractivity contribution in [3.8, 4) is 11.3 Å². The molecule has 39 heavy (non-hydrogen) atoms. The Morgan fingerprint density at radius 3 is 2.56 bits per heavy atom. The zero-order chi connectivity index (χ0) is 28.0. The van der Waals surface area contributed by atoms with Crippen molar-refractivity contribution in [1.29, 1.82) is 0 Å². The highest BCUT2D eigenvalue weighted by atomic mass is 35.5. The lowest BCUT2D eigenvalue weighted by Crippen LogP contribution is -2.30. The molecule has 0 saturated carbocycles. The first-order valence-electron chi connectivity index (χ1n) is 13.3. The van der Waals surface area contributed by atoms with Gasteiger partial charge in [-0.1, -0.05) is 38.3 Å². The summed E-state index contributed by atoms with van der Waals surface area (Å²) in [7, 11) is 0. The monoisotopic (exact) mass is 574 g/mol. The number of carbonyl (C=O) groups excluding carboxylic acids is 1. The van der Waals surface area contributed by atoms with Gasteiger partial charge in [0.2, 0.25) is 5.91 Å². The number of aliphatic hydroxyl groups excluding tert-OH is 1. The van der Waals surface area contributed by atoms with Crippen LogP contribution >= 0.6 is 23.4 Å². The lowest BCUT2D eigenvalue weighted by molar-refractivity contribution is -0.116. The molecule has 0 saturated heterocycles. The van der Waals surface area contributed by atoms with E-state index in [4.69, 9.17) is 11.6 Å². The molecule has 2 aromatic heterocycles. The SMILES string of the molecule is CCCCN(CCCC)CCC(=O)Nc1cc(Nc2cc(-c3cc(Cl)ccc3F)nnc2SCCO)ccn1. The van der Waals surface area contributed by atoms with Crippen LogP contribution in [0.15, 0.2) is 47.6 Å². The molecular weight excluding hydrogens is 539 g/mol. The fourth-order valence-electron chi connectivity index (χ4n) is 3.84. The first kappa shape index (κ1) is 30.7. The van der Waals surface area contributed by atoms with E-state index in [9.17, 15) is 14.3 Å². The maximum absolute atomic E-state index is 14.5. The molecule has 1 amide bonds. The van der Waals surface area contributed by atoms with Gasteiger partial charge in [0.1, 0.15) is 16.7 Å². The number of hydrogen-bond acceptors (Lipinski definition) is 8. The normalized spacial score (nSPS) is 11.1. The van der Waals surface area contributed by atoms with Gasteiger partial charge in [0.25, 0.3) is 0 Å². The Kier molecular flexibility index (Phi) is 12.9. The van der Waals surface area contributed by atoms with Crippen LogP contribution in [0.2, 0.25) is 5.02 Å². The number of rotatable bonds is 16. The van der Waals surface area contributed by atoms with E-state index < -0.39 is 5.82 Å². The van der Waals surface area contributed by atoms with Gasteiger partial charge < -0.3 is 20.6 Å². The molecule has 3 rings (SSSR count). The second kappa shape index (κ2) is 16.3. The second-order valence-corrected chi connectivity index (χ2v) is 10.6. The fourth-order valence-corrected chi connectivity index (χ4v) is 4.66. The number of nitrogens with zero attached hydrogens (tertiary/aromatic N) is 4. The standard InChI is InChI=1S/C28H36ClFN6O2S/c1-3-5-12-36(13-6-4-2)14-10-27(38)33-26-18-21(9-11-31-26)32-25-19-24(34-35-28(25)39-16-15-37)22-17-20(29)7-8-23(22)30/h7-9,11,17-19,37H,3-6,10,12-16H2,1-2H3,(H2,31,32,33,34,38). The Morgan fingerprint density at radius 2 is 1.85 bits per heavy atom.